The van der Waals surface area contributed by atoms with Crippen molar-refractivity contribution in [3.8, 4) is 11.5 Å². The van der Waals surface area contributed by atoms with E-state index in [0.29, 0.717) is 12.0 Å². The van der Waals surface area contributed by atoms with Gasteiger partial charge < -0.3 is 19.3 Å². The number of methoxy groups -OCH3 is 2. The van der Waals surface area contributed by atoms with Crippen LogP contribution in [0.2, 0.25) is 0 Å². The quantitative estimate of drug-likeness (QED) is 0.210. The standard InChI is InChI=1S/C28H26N2O7/c1-4-14-37-28(34)17-8-5-10-19(15-17)30-24(18-9-7-13-29-16-18)23(26(32)27(30)33)25(31)22-20(35-2)11-6-12-21(22)36-3/h5-13,15-16,24,31H,4,14H2,1-3H3/b25-23+. The Balaban J connectivity index is 1.93. The zero-order chi connectivity index (χ0) is 26.5. The Bertz CT molecular complexity index is 1350. The first-order valence-electron chi connectivity index (χ1n) is 11.6. The van der Waals surface area contributed by atoms with Gasteiger partial charge in [0.25, 0.3) is 11.7 Å². The first-order chi connectivity index (χ1) is 17.9. The van der Waals surface area contributed by atoms with E-state index in [1.165, 1.54) is 31.4 Å². The number of amides is 1. The maximum absolute atomic E-state index is 13.4. The fraction of sp³-hybridized carbons (Fsp3) is 0.214. The molecule has 1 saturated heterocycles. The average molecular weight is 503 g/mol. The summed E-state index contributed by atoms with van der Waals surface area (Å²) in [5, 5.41) is 11.5. The number of anilines is 1. The van der Waals surface area contributed by atoms with Crippen LogP contribution < -0.4 is 14.4 Å². The molecule has 0 aliphatic carbocycles. The molecule has 1 amide bonds. The number of nitrogens with zero attached hydrogens (tertiary/aromatic N) is 2. The third-order valence-corrected chi connectivity index (χ3v) is 5.91. The molecule has 1 atom stereocenters. The van der Waals surface area contributed by atoms with Crippen molar-refractivity contribution in [2.45, 2.75) is 19.4 Å². The second-order valence-electron chi connectivity index (χ2n) is 8.18. The van der Waals surface area contributed by atoms with Gasteiger partial charge in [0, 0.05) is 18.1 Å². The fourth-order valence-corrected chi connectivity index (χ4v) is 4.23. The molecule has 9 nitrogen and oxygen atoms in total. The van der Waals surface area contributed by atoms with Gasteiger partial charge in [0.05, 0.1) is 38.0 Å². The molecule has 3 aromatic rings. The van der Waals surface area contributed by atoms with Crippen molar-refractivity contribution in [2.75, 3.05) is 25.7 Å². The van der Waals surface area contributed by atoms with Crippen molar-refractivity contribution >= 4 is 29.1 Å². The number of Topliss-reactive ketones (excluding diaryl/α,β-unsaturated/α-hetero) is 1. The van der Waals surface area contributed by atoms with Crippen LogP contribution in [0, 0.1) is 0 Å². The highest BCUT2D eigenvalue weighted by molar-refractivity contribution is 6.51. The lowest BCUT2D eigenvalue weighted by Crippen LogP contribution is -2.29. The lowest BCUT2D eigenvalue weighted by molar-refractivity contribution is -0.132. The summed E-state index contributed by atoms with van der Waals surface area (Å²) in [6.45, 7) is 2.14. The van der Waals surface area contributed by atoms with E-state index >= 15 is 0 Å². The highest BCUT2D eigenvalue weighted by atomic mass is 16.5. The van der Waals surface area contributed by atoms with Crippen molar-refractivity contribution in [3.63, 3.8) is 0 Å². The molecular weight excluding hydrogens is 476 g/mol. The maximum atomic E-state index is 13.4. The Morgan fingerprint density at radius 2 is 1.73 bits per heavy atom. The van der Waals surface area contributed by atoms with Crippen LogP contribution in [-0.2, 0) is 14.3 Å². The molecule has 1 aliphatic rings. The minimum Gasteiger partial charge on any atom is -0.506 e. The van der Waals surface area contributed by atoms with Crippen LogP contribution in [0.3, 0.4) is 0 Å². The van der Waals surface area contributed by atoms with E-state index in [4.69, 9.17) is 14.2 Å². The Labute approximate surface area is 213 Å². The Kier molecular flexibility index (Phi) is 7.52. The third kappa shape index (κ3) is 4.75. The number of carbonyl (C=O) groups excluding carboxylic acids is 3. The molecule has 1 N–H and O–H groups in total. The molecule has 1 aliphatic heterocycles. The summed E-state index contributed by atoms with van der Waals surface area (Å²) < 4.78 is 16.0. The number of hydrogen-bond donors (Lipinski definition) is 1. The molecule has 1 unspecified atom stereocenters. The molecule has 1 fully saturated rings. The summed E-state index contributed by atoms with van der Waals surface area (Å²) in [5.74, 6) is -2.26. The number of benzene rings is 2. The van der Waals surface area contributed by atoms with Gasteiger partial charge in [-0.15, -0.1) is 0 Å². The number of aliphatic hydroxyl groups excluding tert-OH is 1. The molecule has 37 heavy (non-hydrogen) atoms. The van der Waals surface area contributed by atoms with E-state index in [0.717, 1.165) is 0 Å². The molecule has 0 radical (unpaired) electrons. The topological polar surface area (TPSA) is 115 Å². The van der Waals surface area contributed by atoms with Gasteiger partial charge in [-0.05, 0) is 48.4 Å². The number of aliphatic hydroxyl groups is 1. The molecule has 1 aromatic heterocycles. The van der Waals surface area contributed by atoms with Crippen molar-refractivity contribution in [1.29, 1.82) is 0 Å². The number of rotatable bonds is 8. The van der Waals surface area contributed by atoms with Gasteiger partial charge in [0.1, 0.15) is 22.8 Å². The van der Waals surface area contributed by atoms with E-state index in [2.05, 4.69) is 4.98 Å². The molecule has 2 heterocycles. The molecule has 0 saturated carbocycles. The zero-order valence-corrected chi connectivity index (χ0v) is 20.6. The number of aromatic nitrogens is 1. The summed E-state index contributed by atoms with van der Waals surface area (Å²) >= 11 is 0. The maximum Gasteiger partial charge on any atom is 0.338 e. The van der Waals surface area contributed by atoms with Crippen LogP contribution in [0.1, 0.15) is 40.9 Å². The SMILES string of the molecule is CCCOC(=O)c1cccc(N2C(=O)C(=O)/C(=C(/O)c3c(OC)cccc3OC)C2c2cccnc2)c1. The van der Waals surface area contributed by atoms with E-state index in [9.17, 15) is 19.5 Å². The summed E-state index contributed by atoms with van der Waals surface area (Å²) in [4.78, 5) is 44.7. The smallest absolute Gasteiger partial charge is 0.338 e. The molecule has 190 valence electrons. The normalized spacial score (nSPS) is 16.5. The Morgan fingerprint density at radius 3 is 2.35 bits per heavy atom. The largest absolute Gasteiger partial charge is 0.506 e. The zero-order valence-electron chi connectivity index (χ0n) is 20.6. The summed E-state index contributed by atoms with van der Waals surface area (Å²) in [6, 6.07) is 13.5. The van der Waals surface area contributed by atoms with E-state index in [1.54, 1.807) is 54.7 Å². The number of carbonyl (C=O) groups is 3. The minimum atomic E-state index is -1.04. The Morgan fingerprint density at radius 1 is 1.03 bits per heavy atom. The number of ketones is 1. The first kappa shape index (κ1) is 25.4. The van der Waals surface area contributed by atoms with Gasteiger partial charge in [-0.1, -0.05) is 25.1 Å². The van der Waals surface area contributed by atoms with Crippen molar-refractivity contribution in [1.82, 2.24) is 4.98 Å². The van der Waals surface area contributed by atoms with Gasteiger partial charge in [-0.3, -0.25) is 19.5 Å². The molecule has 0 bridgehead atoms. The highest BCUT2D eigenvalue weighted by Crippen LogP contribution is 2.45. The van der Waals surface area contributed by atoms with E-state index in [-0.39, 0.29) is 40.5 Å². The van der Waals surface area contributed by atoms with Crippen LogP contribution in [-0.4, -0.2) is 48.6 Å². The number of hydrogen-bond acceptors (Lipinski definition) is 8. The van der Waals surface area contributed by atoms with Crippen molar-refractivity contribution in [2.24, 2.45) is 0 Å². The van der Waals surface area contributed by atoms with Gasteiger partial charge in [0.15, 0.2) is 0 Å². The lowest BCUT2D eigenvalue weighted by atomic mass is 9.95. The molecule has 9 heteroatoms. The van der Waals surface area contributed by atoms with Crippen molar-refractivity contribution in [3.05, 3.63) is 89.3 Å². The predicted octanol–water partition coefficient (Wildman–Crippen LogP) is 4.29. The summed E-state index contributed by atoms with van der Waals surface area (Å²) in [6.07, 6.45) is 3.73. The lowest BCUT2D eigenvalue weighted by Gasteiger charge is -2.25. The van der Waals surface area contributed by atoms with Gasteiger partial charge in [0.2, 0.25) is 0 Å². The summed E-state index contributed by atoms with van der Waals surface area (Å²) in [7, 11) is 2.84. The van der Waals surface area contributed by atoms with Gasteiger partial charge >= 0.3 is 5.97 Å². The van der Waals surface area contributed by atoms with Crippen LogP contribution >= 0.6 is 0 Å². The third-order valence-electron chi connectivity index (χ3n) is 5.91. The summed E-state index contributed by atoms with van der Waals surface area (Å²) in [5.41, 5.74) is 0.962. The van der Waals surface area contributed by atoms with Gasteiger partial charge in [-0.25, -0.2) is 4.79 Å². The van der Waals surface area contributed by atoms with Crippen LogP contribution in [0.5, 0.6) is 11.5 Å². The van der Waals surface area contributed by atoms with E-state index in [1.807, 2.05) is 6.92 Å². The molecule has 0 spiro atoms. The number of esters is 1. The predicted molar refractivity (Wildman–Crippen MR) is 136 cm³/mol. The fourth-order valence-electron chi connectivity index (χ4n) is 4.23. The van der Waals surface area contributed by atoms with Crippen LogP contribution in [0.15, 0.2) is 72.6 Å². The van der Waals surface area contributed by atoms with Gasteiger partial charge in [-0.2, -0.15) is 0 Å². The Hall–Kier alpha value is -4.66. The van der Waals surface area contributed by atoms with Crippen molar-refractivity contribution < 1.29 is 33.7 Å². The number of ether oxygens (including phenoxy) is 3. The second kappa shape index (κ2) is 10.9. The minimum absolute atomic E-state index is 0.135. The monoisotopic (exact) mass is 502 g/mol. The average Bonchev–Trinajstić information content (AvgIpc) is 3.21. The molecular formula is C28H26N2O7. The number of pyridine rings is 1. The van der Waals surface area contributed by atoms with Crippen LogP contribution in [0.4, 0.5) is 5.69 Å². The van der Waals surface area contributed by atoms with Crippen LogP contribution in [0.25, 0.3) is 5.76 Å². The molecule has 2 aromatic carbocycles. The first-order valence-corrected chi connectivity index (χ1v) is 11.6. The highest BCUT2D eigenvalue weighted by Gasteiger charge is 2.47. The van der Waals surface area contributed by atoms with E-state index < -0.39 is 29.5 Å². The molecule has 4 rings (SSSR count). The second-order valence-corrected chi connectivity index (χ2v) is 8.18.